The quantitative estimate of drug-likeness (QED) is 0.583. The third-order valence-electron chi connectivity index (χ3n) is 2.64. The molecule has 90 valence electrons. The highest BCUT2D eigenvalue weighted by molar-refractivity contribution is 5.67. The Balaban J connectivity index is 3.46. The van der Waals surface area contributed by atoms with Gasteiger partial charge in [-0.1, -0.05) is 46.0 Å². The van der Waals surface area contributed by atoms with E-state index in [9.17, 15) is 9.90 Å². The summed E-state index contributed by atoms with van der Waals surface area (Å²) in [6.45, 7) is 4.26. The zero-order valence-electron chi connectivity index (χ0n) is 9.91. The summed E-state index contributed by atoms with van der Waals surface area (Å²) in [5, 5.41) is 17.9. The van der Waals surface area contributed by atoms with E-state index in [1.807, 2.05) is 0 Å². The second kappa shape index (κ2) is 8.72. The molecule has 0 aromatic rings. The van der Waals surface area contributed by atoms with E-state index in [1.54, 1.807) is 0 Å². The van der Waals surface area contributed by atoms with Crippen LogP contribution in [0.3, 0.4) is 0 Å². The molecular formula is C12H24O3. The van der Waals surface area contributed by atoms with Gasteiger partial charge in [0.2, 0.25) is 0 Å². The molecule has 2 unspecified atom stereocenters. The predicted molar refractivity (Wildman–Crippen MR) is 60.8 cm³/mol. The Kier molecular flexibility index (Phi) is 8.38. The normalized spacial score (nSPS) is 14.9. The molecule has 0 aliphatic heterocycles. The second-order valence-corrected chi connectivity index (χ2v) is 4.44. The van der Waals surface area contributed by atoms with Crippen molar-refractivity contribution in [2.24, 2.45) is 5.92 Å². The van der Waals surface area contributed by atoms with E-state index in [0.717, 1.165) is 6.42 Å². The summed E-state index contributed by atoms with van der Waals surface area (Å²) < 4.78 is 0. The summed E-state index contributed by atoms with van der Waals surface area (Å²) in [4.78, 5) is 10.3. The molecule has 0 amide bonds. The molecule has 0 rings (SSSR count). The first-order chi connectivity index (χ1) is 7.06. The first kappa shape index (κ1) is 14.4. The van der Waals surface area contributed by atoms with Crippen molar-refractivity contribution in [3.8, 4) is 0 Å². The minimum absolute atomic E-state index is 0.126. The number of hydrogen-bond donors (Lipinski definition) is 2. The lowest BCUT2D eigenvalue weighted by molar-refractivity contribution is -0.139. The molecule has 15 heavy (non-hydrogen) atoms. The van der Waals surface area contributed by atoms with Crippen LogP contribution < -0.4 is 0 Å². The molecular weight excluding hydrogens is 192 g/mol. The topological polar surface area (TPSA) is 57.5 Å². The van der Waals surface area contributed by atoms with Crippen molar-refractivity contribution >= 4 is 5.97 Å². The van der Waals surface area contributed by atoms with Crippen molar-refractivity contribution in [2.45, 2.75) is 64.9 Å². The third kappa shape index (κ3) is 9.73. The second-order valence-electron chi connectivity index (χ2n) is 4.44. The average Bonchev–Trinajstić information content (AvgIpc) is 2.10. The number of carboxylic acids is 1. The molecule has 2 N–H and O–H groups in total. The van der Waals surface area contributed by atoms with E-state index in [2.05, 4.69) is 13.8 Å². The molecule has 0 bridgehead atoms. The maximum absolute atomic E-state index is 10.3. The average molecular weight is 216 g/mol. The van der Waals surface area contributed by atoms with E-state index >= 15 is 0 Å². The predicted octanol–water partition coefficient (Wildman–Crippen LogP) is 2.82. The Morgan fingerprint density at radius 1 is 1.27 bits per heavy atom. The Morgan fingerprint density at radius 2 is 1.93 bits per heavy atom. The number of rotatable bonds is 9. The summed E-state index contributed by atoms with van der Waals surface area (Å²) in [5.41, 5.74) is 0. The molecule has 0 saturated heterocycles. The summed E-state index contributed by atoms with van der Waals surface area (Å²) in [7, 11) is 0. The summed E-state index contributed by atoms with van der Waals surface area (Å²) >= 11 is 0. The number of carbonyl (C=O) groups is 1. The number of unbranched alkanes of at least 4 members (excludes halogenated alkanes) is 3. The fraction of sp³-hybridized carbons (Fsp3) is 0.917. The van der Waals surface area contributed by atoms with Crippen LogP contribution in [0.5, 0.6) is 0 Å². The van der Waals surface area contributed by atoms with Crippen LogP contribution in [0, 0.1) is 5.92 Å². The number of carboxylic acid groups (broad SMARTS) is 1. The number of aliphatic hydroxyl groups excluding tert-OH is 1. The number of hydrogen-bond acceptors (Lipinski definition) is 2. The van der Waals surface area contributed by atoms with E-state index < -0.39 is 12.1 Å². The van der Waals surface area contributed by atoms with Gasteiger partial charge in [0, 0.05) is 0 Å². The van der Waals surface area contributed by atoms with E-state index in [-0.39, 0.29) is 6.42 Å². The molecule has 0 aromatic carbocycles. The fourth-order valence-electron chi connectivity index (χ4n) is 1.79. The molecule has 0 heterocycles. The van der Waals surface area contributed by atoms with Gasteiger partial charge in [-0.2, -0.15) is 0 Å². The third-order valence-corrected chi connectivity index (χ3v) is 2.64. The molecule has 0 spiro atoms. The van der Waals surface area contributed by atoms with E-state index in [1.165, 1.54) is 25.7 Å². The minimum Gasteiger partial charge on any atom is -0.481 e. The molecule has 0 radical (unpaired) electrons. The molecule has 2 atom stereocenters. The van der Waals surface area contributed by atoms with Crippen LogP contribution >= 0.6 is 0 Å². The van der Waals surface area contributed by atoms with Gasteiger partial charge in [-0.3, -0.25) is 4.79 Å². The lowest BCUT2D eigenvalue weighted by atomic mass is 9.95. The van der Waals surface area contributed by atoms with Crippen LogP contribution in [-0.2, 0) is 4.79 Å². The summed E-state index contributed by atoms with van der Waals surface area (Å²) in [6.07, 6.45) is 5.84. The van der Waals surface area contributed by atoms with Crippen molar-refractivity contribution in [2.75, 3.05) is 0 Å². The van der Waals surface area contributed by atoms with Crippen molar-refractivity contribution in [3.05, 3.63) is 0 Å². The van der Waals surface area contributed by atoms with Gasteiger partial charge >= 0.3 is 5.97 Å². The van der Waals surface area contributed by atoms with Crippen LogP contribution in [0.15, 0.2) is 0 Å². The first-order valence-electron chi connectivity index (χ1n) is 5.96. The maximum Gasteiger partial charge on any atom is 0.305 e. The van der Waals surface area contributed by atoms with Crippen molar-refractivity contribution in [1.82, 2.24) is 0 Å². The Morgan fingerprint density at radius 3 is 2.47 bits per heavy atom. The highest BCUT2D eigenvalue weighted by atomic mass is 16.4. The zero-order chi connectivity index (χ0) is 11.7. The van der Waals surface area contributed by atoms with Gasteiger partial charge < -0.3 is 10.2 Å². The molecule has 3 heteroatoms. The van der Waals surface area contributed by atoms with Gasteiger partial charge in [-0.25, -0.2) is 0 Å². The van der Waals surface area contributed by atoms with Crippen molar-refractivity contribution in [3.63, 3.8) is 0 Å². The van der Waals surface area contributed by atoms with Crippen LogP contribution in [-0.4, -0.2) is 22.3 Å². The van der Waals surface area contributed by atoms with Crippen molar-refractivity contribution in [1.29, 1.82) is 0 Å². The van der Waals surface area contributed by atoms with E-state index in [4.69, 9.17) is 5.11 Å². The van der Waals surface area contributed by atoms with Gasteiger partial charge in [0.25, 0.3) is 0 Å². The highest BCUT2D eigenvalue weighted by Crippen LogP contribution is 2.16. The molecule has 0 aromatic heterocycles. The van der Waals surface area contributed by atoms with Crippen molar-refractivity contribution < 1.29 is 15.0 Å². The van der Waals surface area contributed by atoms with Crippen LogP contribution in [0.2, 0.25) is 0 Å². The SMILES string of the molecule is CCCCCCC(C)CC(O)CC(=O)O. The van der Waals surface area contributed by atoms with Gasteiger partial charge in [-0.15, -0.1) is 0 Å². The molecule has 0 aliphatic rings. The van der Waals surface area contributed by atoms with Gasteiger partial charge in [0.15, 0.2) is 0 Å². The highest BCUT2D eigenvalue weighted by Gasteiger charge is 2.13. The smallest absolute Gasteiger partial charge is 0.305 e. The zero-order valence-corrected chi connectivity index (χ0v) is 9.91. The lowest BCUT2D eigenvalue weighted by Gasteiger charge is -2.14. The van der Waals surface area contributed by atoms with Crippen LogP contribution in [0.25, 0.3) is 0 Å². The first-order valence-corrected chi connectivity index (χ1v) is 5.96. The minimum atomic E-state index is -0.916. The van der Waals surface area contributed by atoms with Crippen LogP contribution in [0.1, 0.15) is 58.8 Å². The standard InChI is InChI=1S/C12H24O3/c1-3-4-5-6-7-10(2)8-11(13)9-12(14)15/h10-11,13H,3-9H2,1-2H3,(H,14,15). The summed E-state index contributed by atoms with van der Waals surface area (Å²) in [6, 6.07) is 0. The van der Waals surface area contributed by atoms with Gasteiger partial charge in [0.05, 0.1) is 12.5 Å². The lowest BCUT2D eigenvalue weighted by Crippen LogP contribution is -2.16. The largest absolute Gasteiger partial charge is 0.481 e. The molecule has 0 fully saturated rings. The Hall–Kier alpha value is -0.570. The number of aliphatic hydroxyl groups is 1. The Labute approximate surface area is 92.5 Å². The monoisotopic (exact) mass is 216 g/mol. The Bertz CT molecular complexity index is 168. The van der Waals surface area contributed by atoms with Gasteiger partial charge in [0.1, 0.15) is 0 Å². The van der Waals surface area contributed by atoms with Gasteiger partial charge in [-0.05, 0) is 12.3 Å². The fourth-order valence-corrected chi connectivity index (χ4v) is 1.79. The maximum atomic E-state index is 10.3. The number of aliphatic carboxylic acids is 1. The molecule has 0 aliphatic carbocycles. The summed E-state index contributed by atoms with van der Waals surface area (Å²) in [5.74, 6) is -0.489. The van der Waals surface area contributed by atoms with Crippen LogP contribution in [0.4, 0.5) is 0 Å². The molecule has 0 saturated carbocycles. The molecule has 3 nitrogen and oxygen atoms in total. The van der Waals surface area contributed by atoms with E-state index in [0.29, 0.717) is 12.3 Å².